The summed E-state index contributed by atoms with van der Waals surface area (Å²) in [6.07, 6.45) is 11.1. The molecule has 0 radical (unpaired) electrons. The van der Waals surface area contributed by atoms with Crippen LogP contribution in [0.5, 0.6) is 0 Å². The SMILES string of the molecule is CC1C(n2cnc(C(N)=O)c2N=CN)C[C@H](O)[C@H]1COC(=O)CC[C@@H](C)[C@H]1CCC2[C@H]3C(CC[C@@]21C)[C@@]1(C)CC[C@@H](O)C[C@H]1C[C@@H]3O. The predicted molar refractivity (Wildman–Crippen MR) is 177 cm³/mol. The summed E-state index contributed by atoms with van der Waals surface area (Å²) in [5.41, 5.74) is 11.4. The second-order valence-corrected chi connectivity index (χ2v) is 16.5. The van der Waals surface area contributed by atoms with Crippen LogP contribution in [0, 0.1) is 58.2 Å². The number of rotatable bonds is 9. The highest BCUT2D eigenvalue weighted by atomic mass is 16.5. The first-order valence-corrected chi connectivity index (χ1v) is 18.1. The Labute approximate surface area is 278 Å². The molecule has 1 amide bonds. The molecule has 0 bridgehead atoms. The largest absolute Gasteiger partial charge is 0.465 e. The molecule has 5 aliphatic rings. The number of hydrogen-bond donors (Lipinski definition) is 5. The van der Waals surface area contributed by atoms with Gasteiger partial charge in [-0.15, -0.1) is 0 Å². The van der Waals surface area contributed by atoms with E-state index in [2.05, 4.69) is 30.7 Å². The number of aliphatic hydroxyl groups excluding tert-OH is 3. The first-order valence-electron chi connectivity index (χ1n) is 18.1. The molecule has 11 heteroatoms. The number of nitrogens with two attached hydrogens (primary N) is 2. The van der Waals surface area contributed by atoms with Crippen molar-refractivity contribution in [3.63, 3.8) is 0 Å². The Hall–Kier alpha value is -2.50. The van der Waals surface area contributed by atoms with E-state index >= 15 is 0 Å². The maximum atomic E-state index is 13.0. The third kappa shape index (κ3) is 5.92. The van der Waals surface area contributed by atoms with E-state index in [9.17, 15) is 24.9 Å². The Bertz CT molecular complexity index is 1350. The number of aliphatic hydroxyl groups is 3. The van der Waals surface area contributed by atoms with Crippen molar-refractivity contribution in [1.29, 1.82) is 0 Å². The van der Waals surface area contributed by atoms with Crippen LogP contribution in [0.15, 0.2) is 11.3 Å². The van der Waals surface area contributed by atoms with E-state index < -0.39 is 12.0 Å². The monoisotopic (exact) mass is 655 g/mol. The number of ether oxygens (including phenoxy) is 1. The minimum Gasteiger partial charge on any atom is -0.465 e. The summed E-state index contributed by atoms with van der Waals surface area (Å²) in [4.78, 5) is 33.1. The maximum absolute atomic E-state index is 13.0. The lowest BCUT2D eigenvalue weighted by Gasteiger charge is -2.62. The zero-order valence-corrected chi connectivity index (χ0v) is 28.6. The molecule has 7 N–H and O–H groups in total. The fourth-order valence-electron chi connectivity index (χ4n) is 11.9. The molecule has 5 fully saturated rings. The summed E-state index contributed by atoms with van der Waals surface area (Å²) >= 11 is 0. The smallest absolute Gasteiger partial charge is 0.305 e. The number of primary amides is 1. The molecular weight excluding hydrogens is 598 g/mol. The number of carbonyl (C=O) groups is 2. The van der Waals surface area contributed by atoms with Crippen LogP contribution in [0.3, 0.4) is 0 Å². The van der Waals surface area contributed by atoms with Crippen LogP contribution in [0.1, 0.15) is 115 Å². The minimum atomic E-state index is -0.704. The van der Waals surface area contributed by atoms with E-state index in [-0.39, 0.29) is 65.0 Å². The van der Waals surface area contributed by atoms with Crippen molar-refractivity contribution in [1.82, 2.24) is 9.55 Å². The molecule has 0 spiro atoms. The molecule has 262 valence electrons. The first-order chi connectivity index (χ1) is 22.3. The van der Waals surface area contributed by atoms with Crippen molar-refractivity contribution < 1.29 is 29.6 Å². The number of aliphatic imine (C=N–C) groups is 1. The fraction of sp³-hybridized carbons (Fsp3) is 0.833. The number of fused-ring (bicyclic) bond motifs is 5. The molecule has 4 unspecified atom stereocenters. The fourth-order valence-corrected chi connectivity index (χ4v) is 11.9. The predicted octanol–water partition coefficient (Wildman–Crippen LogP) is 4.11. The van der Waals surface area contributed by atoms with Crippen molar-refractivity contribution in [3.8, 4) is 0 Å². The van der Waals surface area contributed by atoms with Crippen LogP contribution in [0.4, 0.5) is 5.82 Å². The van der Waals surface area contributed by atoms with Gasteiger partial charge < -0.3 is 36.1 Å². The highest BCUT2D eigenvalue weighted by Gasteiger charge is 2.62. The van der Waals surface area contributed by atoms with E-state index in [0.717, 1.165) is 57.7 Å². The lowest BCUT2D eigenvalue weighted by molar-refractivity contribution is -0.174. The Morgan fingerprint density at radius 2 is 1.81 bits per heavy atom. The van der Waals surface area contributed by atoms with Gasteiger partial charge in [0.25, 0.3) is 5.91 Å². The molecule has 1 aromatic heterocycles. The van der Waals surface area contributed by atoms with Gasteiger partial charge in [0.2, 0.25) is 0 Å². The number of carbonyl (C=O) groups excluding carboxylic acids is 2. The highest BCUT2D eigenvalue weighted by molar-refractivity contribution is 5.95. The molecule has 0 saturated heterocycles. The number of amides is 1. The van der Waals surface area contributed by atoms with Gasteiger partial charge >= 0.3 is 5.97 Å². The van der Waals surface area contributed by atoms with Crippen molar-refractivity contribution in [2.24, 2.45) is 74.6 Å². The third-order valence-corrected chi connectivity index (χ3v) is 14.5. The molecule has 14 atom stereocenters. The average Bonchev–Trinajstić information content (AvgIpc) is 3.68. The van der Waals surface area contributed by atoms with Crippen LogP contribution < -0.4 is 11.5 Å². The van der Waals surface area contributed by atoms with Gasteiger partial charge in [0.1, 0.15) is 0 Å². The van der Waals surface area contributed by atoms with Crippen LogP contribution >= 0.6 is 0 Å². The van der Waals surface area contributed by atoms with Gasteiger partial charge in [-0.05, 0) is 116 Å². The summed E-state index contributed by atoms with van der Waals surface area (Å²) in [7, 11) is 0. The van der Waals surface area contributed by atoms with Crippen molar-refractivity contribution in [3.05, 3.63) is 12.0 Å². The quantitative estimate of drug-likeness (QED) is 0.149. The molecular formula is C36H57N5O6. The average molecular weight is 656 g/mol. The Morgan fingerprint density at radius 3 is 2.53 bits per heavy atom. The standard InChI is InChI=1S/C36H57N5O6/c1-19(24-6-7-25-31-26(10-12-36(24,25)4)35(3)11-9-22(42)13-21(35)14-29(31)44)5-8-30(45)47-16-23-20(2)27(15-28(23)43)41-18-40-32(33(38)46)34(41)39-17-37/h17-29,31,42-44H,5-16H2,1-4H3,(H2,37,39)(H2,38,46)/t19-,20?,21+,22-,23+,24-,25?,26?,27?,28+,29+,31+,35+,36-/m1/s1. The highest BCUT2D eigenvalue weighted by Crippen LogP contribution is 2.68. The zero-order chi connectivity index (χ0) is 33.8. The van der Waals surface area contributed by atoms with Gasteiger partial charge in [0, 0.05) is 18.4 Å². The molecule has 1 heterocycles. The van der Waals surface area contributed by atoms with Crippen LogP contribution in [-0.2, 0) is 9.53 Å². The summed E-state index contributed by atoms with van der Waals surface area (Å²) in [5.74, 6) is 1.63. The lowest BCUT2D eigenvalue weighted by Crippen LogP contribution is -2.58. The lowest BCUT2D eigenvalue weighted by atomic mass is 9.43. The van der Waals surface area contributed by atoms with Gasteiger partial charge in [0.15, 0.2) is 11.5 Å². The van der Waals surface area contributed by atoms with Crippen molar-refractivity contribution in [2.75, 3.05) is 6.61 Å². The van der Waals surface area contributed by atoms with E-state index in [0.29, 0.717) is 48.3 Å². The maximum Gasteiger partial charge on any atom is 0.305 e. The Kier molecular flexibility index (Phi) is 9.57. The molecule has 5 saturated carbocycles. The number of nitrogens with zero attached hydrogens (tertiary/aromatic N) is 3. The third-order valence-electron chi connectivity index (χ3n) is 14.5. The molecule has 11 nitrogen and oxygen atoms in total. The molecule has 0 aliphatic heterocycles. The Balaban J connectivity index is 1.03. The molecule has 47 heavy (non-hydrogen) atoms. The van der Waals surface area contributed by atoms with Crippen molar-refractivity contribution >= 4 is 24.0 Å². The molecule has 0 aromatic carbocycles. The van der Waals surface area contributed by atoms with Gasteiger partial charge in [-0.25, -0.2) is 9.98 Å². The number of aromatic nitrogens is 2. The van der Waals surface area contributed by atoms with Gasteiger partial charge in [-0.1, -0.05) is 27.7 Å². The molecule has 6 rings (SSSR count). The van der Waals surface area contributed by atoms with E-state index in [1.807, 2.05) is 6.92 Å². The summed E-state index contributed by atoms with van der Waals surface area (Å²) in [5, 5.41) is 32.8. The van der Waals surface area contributed by atoms with Crippen LogP contribution in [-0.4, -0.2) is 68.0 Å². The second kappa shape index (κ2) is 13.1. The topological polar surface area (TPSA) is 186 Å². The molecule has 1 aromatic rings. The minimum absolute atomic E-state index is 0.0238. The number of esters is 1. The normalized spacial score (nSPS) is 43.7. The number of imidazole rings is 1. The molecule has 5 aliphatic carbocycles. The van der Waals surface area contributed by atoms with E-state index in [4.69, 9.17) is 16.2 Å². The summed E-state index contributed by atoms with van der Waals surface area (Å²) < 4.78 is 7.50. The first kappa shape index (κ1) is 34.4. The second-order valence-electron chi connectivity index (χ2n) is 16.5. The van der Waals surface area contributed by atoms with Gasteiger partial charge in [-0.2, -0.15) is 0 Å². The summed E-state index contributed by atoms with van der Waals surface area (Å²) in [6.45, 7) is 9.32. The van der Waals surface area contributed by atoms with Crippen molar-refractivity contribution in [2.45, 2.75) is 123 Å². The zero-order valence-electron chi connectivity index (χ0n) is 28.6. The van der Waals surface area contributed by atoms with Crippen LogP contribution in [0.2, 0.25) is 0 Å². The van der Waals surface area contributed by atoms with E-state index in [1.54, 1.807) is 4.57 Å². The van der Waals surface area contributed by atoms with Gasteiger partial charge in [0.05, 0.1) is 37.6 Å². The van der Waals surface area contributed by atoms with Crippen LogP contribution in [0.25, 0.3) is 0 Å². The summed E-state index contributed by atoms with van der Waals surface area (Å²) in [6, 6.07) is -0.208. The van der Waals surface area contributed by atoms with E-state index in [1.165, 1.54) is 12.7 Å². The Morgan fingerprint density at radius 1 is 1.09 bits per heavy atom. The van der Waals surface area contributed by atoms with Gasteiger partial charge in [-0.3, -0.25) is 9.59 Å². The number of hydrogen-bond acceptors (Lipinski definition) is 8.